The van der Waals surface area contributed by atoms with Crippen molar-refractivity contribution in [2.75, 3.05) is 0 Å². The first-order valence-corrected chi connectivity index (χ1v) is 14.8. The standard InChI is InChI=1S/C31H40O15/c1-12(7-14-4-6-19(18(33)9-14)44-21-11-16(29(40)41)22(34)24(36)23(21)35)13(2)8-15-3-5-17(32)20(10-15)45-31-27(39)25(37)26(38)28(46-31)30(42)43/h3-6,9-10,12-13,16,21-28,31-39H,7-8,11H2,1-2H3,(H,40,41)(H,42,43)/t12-,13+,16+,21-,22-,23+,24+,25+,26+,27-,28+,31-/m1/s1. The number of aliphatic carboxylic acids is 2. The number of phenols is 2. The summed E-state index contributed by atoms with van der Waals surface area (Å²) < 4.78 is 16.3. The Bertz CT molecular complexity index is 1380. The lowest BCUT2D eigenvalue weighted by Crippen LogP contribution is -2.61. The molecule has 254 valence electrons. The molecule has 4 rings (SSSR count). The molecule has 1 saturated heterocycles. The molecule has 1 saturated carbocycles. The second kappa shape index (κ2) is 14.4. The number of carboxylic acids is 2. The van der Waals surface area contributed by atoms with Crippen LogP contribution in [-0.4, -0.2) is 118 Å². The Morgan fingerprint density at radius 1 is 0.717 bits per heavy atom. The largest absolute Gasteiger partial charge is 0.504 e. The van der Waals surface area contributed by atoms with Crippen molar-refractivity contribution in [1.82, 2.24) is 0 Å². The minimum absolute atomic E-state index is 0.0263. The number of hydrogen-bond acceptors (Lipinski definition) is 13. The minimum Gasteiger partial charge on any atom is -0.504 e. The fourth-order valence-electron chi connectivity index (χ4n) is 5.71. The summed E-state index contributed by atoms with van der Waals surface area (Å²) in [5.41, 5.74) is 1.47. The van der Waals surface area contributed by atoms with Crippen molar-refractivity contribution in [3.63, 3.8) is 0 Å². The molecule has 1 heterocycles. The molecule has 2 fully saturated rings. The Morgan fingerprint density at radius 3 is 1.89 bits per heavy atom. The van der Waals surface area contributed by atoms with Crippen LogP contribution in [0, 0.1) is 17.8 Å². The van der Waals surface area contributed by atoms with Crippen molar-refractivity contribution in [2.45, 2.75) is 88.2 Å². The Hall–Kier alpha value is -3.70. The number of carboxylic acid groups (broad SMARTS) is 2. The van der Waals surface area contributed by atoms with E-state index in [9.17, 15) is 60.7 Å². The zero-order valence-electron chi connectivity index (χ0n) is 25.0. The lowest BCUT2D eigenvalue weighted by atomic mass is 9.80. The van der Waals surface area contributed by atoms with Crippen LogP contribution in [0.5, 0.6) is 23.0 Å². The molecule has 1 aliphatic heterocycles. The molecule has 0 spiro atoms. The quantitative estimate of drug-likeness (QED) is 0.145. The maximum absolute atomic E-state index is 11.5. The van der Waals surface area contributed by atoms with Gasteiger partial charge >= 0.3 is 11.9 Å². The van der Waals surface area contributed by atoms with Crippen LogP contribution in [0.25, 0.3) is 0 Å². The molecule has 0 unspecified atom stereocenters. The van der Waals surface area contributed by atoms with E-state index < -0.39 is 73.0 Å². The van der Waals surface area contributed by atoms with E-state index in [1.54, 1.807) is 12.1 Å². The van der Waals surface area contributed by atoms with Gasteiger partial charge in [0.1, 0.15) is 36.6 Å². The van der Waals surface area contributed by atoms with E-state index in [4.69, 9.17) is 14.2 Å². The summed E-state index contributed by atoms with van der Waals surface area (Å²) in [6, 6.07) is 9.15. The molecular formula is C31H40O15. The maximum Gasteiger partial charge on any atom is 0.335 e. The predicted octanol–water partition coefficient (Wildman–Crippen LogP) is -0.639. The molecule has 12 atom stereocenters. The van der Waals surface area contributed by atoms with E-state index >= 15 is 0 Å². The van der Waals surface area contributed by atoms with Crippen molar-refractivity contribution in [3.05, 3.63) is 47.5 Å². The third-order valence-electron chi connectivity index (χ3n) is 8.77. The van der Waals surface area contributed by atoms with Crippen LogP contribution in [0.15, 0.2) is 36.4 Å². The van der Waals surface area contributed by atoms with Crippen LogP contribution in [0.2, 0.25) is 0 Å². The van der Waals surface area contributed by atoms with Gasteiger partial charge in [-0.2, -0.15) is 0 Å². The second-order valence-corrected chi connectivity index (χ2v) is 12.1. The van der Waals surface area contributed by atoms with E-state index in [1.165, 1.54) is 24.3 Å². The highest BCUT2D eigenvalue weighted by atomic mass is 16.7. The average molecular weight is 653 g/mol. The number of hydrogen-bond donors (Lipinski definition) is 10. The predicted molar refractivity (Wildman–Crippen MR) is 155 cm³/mol. The Labute approximate surface area is 263 Å². The summed E-state index contributed by atoms with van der Waals surface area (Å²) >= 11 is 0. The fourth-order valence-corrected chi connectivity index (χ4v) is 5.71. The zero-order chi connectivity index (χ0) is 34.0. The topological polar surface area (TPSA) is 264 Å². The molecule has 2 aliphatic rings. The normalized spacial score (nSPS) is 32.7. The van der Waals surface area contributed by atoms with Crippen molar-refractivity contribution in [2.24, 2.45) is 17.8 Å². The summed E-state index contributed by atoms with van der Waals surface area (Å²) in [7, 11) is 0. The lowest BCUT2D eigenvalue weighted by molar-refractivity contribution is -0.271. The number of aliphatic hydroxyl groups is 6. The molecule has 0 aromatic heterocycles. The van der Waals surface area contributed by atoms with Gasteiger partial charge in [-0.05, 0) is 60.1 Å². The third-order valence-corrected chi connectivity index (χ3v) is 8.77. The molecule has 2 aromatic carbocycles. The SMILES string of the molecule is C[C@H](Cc1ccc(O[C@@H]2C[C@H](C(=O)O)[C@@H](O)[C@H](O)[C@H]2O)c(O)c1)[C@@H](C)Cc1ccc(O)c(O[C@@H]2O[C@H](C(=O)O)[C@@H](O)[C@H](O)[C@H]2O)c1. The molecule has 0 amide bonds. The number of rotatable bonds is 11. The van der Waals surface area contributed by atoms with Crippen LogP contribution in [0.3, 0.4) is 0 Å². The van der Waals surface area contributed by atoms with Crippen molar-refractivity contribution >= 4 is 11.9 Å². The van der Waals surface area contributed by atoms with Crippen LogP contribution >= 0.6 is 0 Å². The number of benzene rings is 2. The molecule has 0 bridgehead atoms. The van der Waals surface area contributed by atoms with Gasteiger partial charge in [0.05, 0.1) is 12.0 Å². The van der Waals surface area contributed by atoms with Gasteiger partial charge in [-0.15, -0.1) is 0 Å². The van der Waals surface area contributed by atoms with Gasteiger partial charge < -0.3 is 65.3 Å². The minimum atomic E-state index is -1.89. The summed E-state index contributed by atoms with van der Waals surface area (Å²) in [6.07, 6.45) is -14.5. The highest BCUT2D eigenvalue weighted by Gasteiger charge is 2.49. The van der Waals surface area contributed by atoms with Crippen LogP contribution in [0.4, 0.5) is 0 Å². The molecule has 10 N–H and O–H groups in total. The zero-order valence-corrected chi connectivity index (χ0v) is 25.0. The van der Waals surface area contributed by atoms with E-state index in [0.717, 1.165) is 11.1 Å². The number of ether oxygens (including phenoxy) is 3. The first-order valence-electron chi connectivity index (χ1n) is 14.8. The van der Waals surface area contributed by atoms with Gasteiger partial charge in [0, 0.05) is 6.42 Å². The van der Waals surface area contributed by atoms with Gasteiger partial charge in [0.15, 0.2) is 29.1 Å². The number of aliphatic hydroxyl groups excluding tert-OH is 6. The van der Waals surface area contributed by atoms with E-state index in [1.807, 2.05) is 13.8 Å². The summed E-state index contributed by atoms with van der Waals surface area (Å²) in [5.74, 6) is -4.92. The van der Waals surface area contributed by atoms with Gasteiger partial charge in [-0.1, -0.05) is 26.0 Å². The Morgan fingerprint density at radius 2 is 1.30 bits per heavy atom. The summed E-state index contributed by atoms with van der Waals surface area (Å²) in [4.78, 5) is 22.8. The number of phenolic OH excluding ortho intramolecular Hbond substituents is 2. The van der Waals surface area contributed by atoms with Crippen molar-refractivity contribution in [1.29, 1.82) is 0 Å². The molecule has 2 aromatic rings. The smallest absolute Gasteiger partial charge is 0.335 e. The Balaban J connectivity index is 1.38. The van der Waals surface area contributed by atoms with Crippen LogP contribution in [-0.2, 0) is 27.2 Å². The van der Waals surface area contributed by atoms with Gasteiger partial charge in [-0.3, -0.25) is 4.79 Å². The maximum atomic E-state index is 11.5. The highest BCUT2D eigenvalue weighted by molar-refractivity contribution is 5.73. The van der Waals surface area contributed by atoms with Crippen LogP contribution in [0.1, 0.15) is 31.4 Å². The summed E-state index contributed by atoms with van der Waals surface area (Å²) in [5, 5.41) is 100. The molecule has 15 heteroatoms. The molecule has 15 nitrogen and oxygen atoms in total. The third kappa shape index (κ3) is 7.63. The first kappa shape index (κ1) is 35.2. The second-order valence-electron chi connectivity index (χ2n) is 12.1. The lowest BCUT2D eigenvalue weighted by Gasteiger charge is -2.38. The van der Waals surface area contributed by atoms with E-state index in [-0.39, 0.29) is 41.3 Å². The van der Waals surface area contributed by atoms with Gasteiger partial charge in [0.2, 0.25) is 6.29 Å². The van der Waals surface area contributed by atoms with Gasteiger partial charge in [0.25, 0.3) is 0 Å². The monoisotopic (exact) mass is 652 g/mol. The molecule has 46 heavy (non-hydrogen) atoms. The van der Waals surface area contributed by atoms with Crippen molar-refractivity contribution in [3.8, 4) is 23.0 Å². The number of aromatic hydroxyl groups is 2. The fraction of sp³-hybridized carbons (Fsp3) is 0.548. The first-order chi connectivity index (χ1) is 21.6. The average Bonchev–Trinajstić information content (AvgIpc) is 2.99. The van der Waals surface area contributed by atoms with Gasteiger partial charge in [-0.25, -0.2) is 4.79 Å². The number of carbonyl (C=O) groups is 2. The van der Waals surface area contributed by atoms with E-state index in [2.05, 4.69) is 0 Å². The van der Waals surface area contributed by atoms with E-state index in [0.29, 0.717) is 12.8 Å². The highest BCUT2D eigenvalue weighted by Crippen LogP contribution is 2.36. The molecular weight excluding hydrogens is 612 g/mol. The Kier molecular flexibility index (Phi) is 11.0. The molecule has 0 radical (unpaired) electrons. The van der Waals surface area contributed by atoms with Crippen LogP contribution < -0.4 is 9.47 Å². The molecule has 1 aliphatic carbocycles. The summed E-state index contributed by atoms with van der Waals surface area (Å²) in [6.45, 7) is 3.98. The van der Waals surface area contributed by atoms with Crippen molar-refractivity contribution < 1.29 is 74.9 Å².